The van der Waals surface area contributed by atoms with E-state index in [1.54, 1.807) is 0 Å². The lowest BCUT2D eigenvalue weighted by Gasteiger charge is -2.09. The maximum atomic E-state index is 12.4. The van der Waals surface area contributed by atoms with Gasteiger partial charge in [-0.3, -0.25) is 0 Å². The van der Waals surface area contributed by atoms with Crippen molar-refractivity contribution < 1.29 is 19.0 Å². The average Bonchev–Trinajstić information content (AvgIpc) is 2.08. The third kappa shape index (κ3) is 2.74. The van der Waals surface area contributed by atoms with Gasteiger partial charge in [0.25, 0.3) is 0 Å². The number of carboxylic acids is 1. The molecule has 0 aliphatic carbocycles. The molecule has 70 valence electrons. The number of carbonyl (C=O) groups is 1. The van der Waals surface area contributed by atoms with Crippen LogP contribution in [0.3, 0.4) is 0 Å². The van der Waals surface area contributed by atoms with E-state index in [0.29, 0.717) is 5.75 Å². The van der Waals surface area contributed by atoms with Crippen LogP contribution in [0.25, 0.3) is 0 Å². The fraction of sp³-hybridized carbons (Fsp3) is 0.222. The van der Waals surface area contributed by atoms with Gasteiger partial charge in [0.2, 0.25) is 0 Å². The minimum absolute atomic E-state index is 0.344. The van der Waals surface area contributed by atoms with Crippen LogP contribution in [0.2, 0.25) is 0 Å². The molecule has 0 fully saturated rings. The second kappa shape index (κ2) is 3.89. The summed E-state index contributed by atoms with van der Waals surface area (Å²) in [5, 5.41) is 8.50. The number of aliphatic carboxylic acids is 1. The van der Waals surface area contributed by atoms with Gasteiger partial charge in [-0.15, -0.1) is 0 Å². The molecule has 0 bridgehead atoms. The van der Waals surface area contributed by atoms with Crippen LogP contribution < -0.4 is 4.74 Å². The van der Waals surface area contributed by atoms with Gasteiger partial charge in [0.1, 0.15) is 11.6 Å². The van der Waals surface area contributed by atoms with E-state index in [0.717, 1.165) is 0 Å². The molecule has 4 heteroatoms. The summed E-state index contributed by atoms with van der Waals surface area (Å²) in [5.41, 5.74) is 0. The van der Waals surface area contributed by atoms with E-state index in [4.69, 9.17) is 9.84 Å². The Labute approximate surface area is 74.8 Å². The van der Waals surface area contributed by atoms with Gasteiger partial charge < -0.3 is 9.84 Å². The molecule has 0 heterocycles. The average molecular weight is 184 g/mol. The summed E-state index contributed by atoms with van der Waals surface area (Å²) in [7, 11) is 0. The molecule has 0 aliphatic heterocycles. The molecule has 1 aromatic rings. The zero-order valence-corrected chi connectivity index (χ0v) is 7.03. The quantitative estimate of drug-likeness (QED) is 0.777. The van der Waals surface area contributed by atoms with Gasteiger partial charge in [-0.2, -0.15) is 0 Å². The Bertz CT molecular complexity index is 294. The normalized spacial score (nSPS) is 12.2. The van der Waals surface area contributed by atoms with Gasteiger partial charge in [0.15, 0.2) is 6.10 Å². The van der Waals surface area contributed by atoms with Gasteiger partial charge >= 0.3 is 5.97 Å². The molecule has 3 nitrogen and oxygen atoms in total. The summed E-state index contributed by atoms with van der Waals surface area (Å²) in [4.78, 5) is 10.4. The number of ether oxygens (including phenoxy) is 1. The maximum Gasteiger partial charge on any atom is 0.344 e. The molecule has 1 N–H and O–H groups in total. The largest absolute Gasteiger partial charge is 0.479 e. The van der Waals surface area contributed by atoms with E-state index < -0.39 is 12.1 Å². The summed E-state index contributed by atoms with van der Waals surface area (Å²) in [5.74, 6) is -1.09. The highest BCUT2D eigenvalue weighted by atomic mass is 19.1. The van der Waals surface area contributed by atoms with Crippen molar-refractivity contribution in [2.24, 2.45) is 0 Å². The molecule has 0 saturated carbocycles. The minimum atomic E-state index is -1.05. The second-order valence-electron chi connectivity index (χ2n) is 2.55. The van der Waals surface area contributed by atoms with E-state index in [1.807, 2.05) is 0 Å². The molecule has 1 rings (SSSR count). The smallest absolute Gasteiger partial charge is 0.344 e. The summed E-state index contributed by atoms with van der Waals surface area (Å²) >= 11 is 0. The second-order valence-corrected chi connectivity index (χ2v) is 2.55. The Kier molecular flexibility index (Phi) is 2.84. The standard InChI is InChI=1S/C9H9FO3/c1-6(9(11)12)13-8-4-2-7(10)3-5-8/h2-6H,1H3,(H,11,12). The van der Waals surface area contributed by atoms with Crippen molar-refractivity contribution in [3.05, 3.63) is 30.1 Å². The summed E-state index contributed by atoms with van der Waals surface area (Å²) in [6.07, 6.45) is -0.925. The predicted octanol–water partition coefficient (Wildman–Crippen LogP) is 1.68. The Morgan fingerprint density at radius 2 is 2.00 bits per heavy atom. The molecular weight excluding hydrogens is 175 g/mol. The van der Waals surface area contributed by atoms with Gasteiger partial charge in [-0.25, -0.2) is 9.18 Å². The molecule has 0 radical (unpaired) electrons. The third-order valence-corrected chi connectivity index (χ3v) is 1.47. The fourth-order valence-corrected chi connectivity index (χ4v) is 0.768. The molecule has 1 unspecified atom stereocenters. The number of rotatable bonds is 3. The Morgan fingerprint density at radius 1 is 1.46 bits per heavy atom. The zero-order chi connectivity index (χ0) is 9.84. The molecule has 0 saturated heterocycles. The van der Waals surface area contributed by atoms with Crippen molar-refractivity contribution in [2.75, 3.05) is 0 Å². The van der Waals surface area contributed by atoms with Crippen molar-refractivity contribution in [1.82, 2.24) is 0 Å². The van der Waals surface area contributed by atoms with Crippen molar-refractivity contribution in [2.45, 2.75) is 13.0 Å². The Balaban J connectivity index is 2.64. The first-order chi connectivity index (χ1) is 6.09. The van der Waals surface area contributed by atoms with Crippen LogP contribution in [0.4, 0.5) is 4.39 Å². The topological polar surface area (TPSA) is 46.5 Å². The highest BCUT2D eigenvalue weighted by Gasteiger charge is 2.11. The van der Waals surface area contributed by atoms with Crippen LogP contribution in [0, 0.1) is 5.82 Å². The highest BCUT2D eigenvalue weighted by Crippen LogP contribution is 2.12. The molecule has 0 aromatic heterocycles. The first-order valence-electron chi connectivity index (χ1n) is 3.74. The van der Waals surface area contributed by atoms with Crippen molar-refractivity contribution in [3.63, 3.8) is 0 Å². The molecule has 0 aliphatic rings. The lowest BCUT2D eigenvalue weighted by molar-refractivity contribution is -0.144. The molecule has 1 aromatic carbocycles. The van der Waals surface area contributed by atoms with E-state index >= 15 is 0 Å². The zero-order valence-electron chi connectivity index (χ0n) is 7.03. The van der Waals surface area contributed by atoms with Crippen LogP contribution in [-0.4, -0.2) is 17.2 Å². The first kappa shape index (κ1) is 9.51. The molecular formula is C9H9FO3. The Hall–Kier alpha value is -1.58. The van der Waals surface area contributed by atoms with Crippen molar-refractivity contribution in [3.8, 4) is 5.75 Å². The van der Waals surface area contributed by atoms with Gasteiger partial charge in [-0.05, 0) is 31.2 Å². The molecule has 13 heavy (non-hydrogen) atoms. The highest BCUT2D eigenvalue weighted by molar-refractivity contribution is 5.72. The first-order valence-corrected chi connectivity index (χ1v) is 3.74. The summed E-state index contributed by atoms with van der Waals surface area (Å²) in [6.45, 7) is 1.41. The predicted molar refractivity (Wildman–Crippen MR) is 44.1 cm³/mol. The summed E-state index contributed by atoms with van der Waals surface area (Å²) < 4.78 is 17.4. The van der Waals surface area contributed by atoms with Crippen LogP contribution in [0.15, 0.2) is 24.3 Å². The monoisotopic (exact) mass is 184 g/mol. The van der Waals surface area contributed by atoms with Crippen molar-refractivity contribution >= 4 is 5.97 Å². The lowest BCUT2D eigenvalue weighted by atomic mass is 10.3. The maximum absolute atomic E-state index is 12.4. The van der Waals surface area contributed by atoms with Gasteiger partial charge in [0.05, 0.1) is 0 Å². The van der Waals surface area contributed by atoms with Gasteiger partial charge in [0, 0.05) is 0 Å². The number of hydrogen-bond donors (Lipinski definition) is 1. The van der Waals surface area contributed by atoms with Crippen LogP contribution >= 0.6 is 0 Å². The molecule has 0 amide bonds. The SMILES string of the molecule is CC(Oc1ccc(F)cc1)C(=O)O. The number of carboxylic acid groups (broad SMARTS) is 1. The van der Waals surface area contributed by atoms with Crippen LogP contribution in [0.1, 0.15) is 6.92 Å². The summed E-state index contributed by atoms with van der Waals surface area (Å²) in [6, 6.07) is 5.19. The third-order valence-electron chi connectivity index (χ3n) is 1.47. The van der Waals surface area contributed by atoms with E-state index in [1.165, 1.54) is 31.2 Å². The minimum Gasteiger partial charge on any atom is -0.479 e. The number of halogens is 1. The lowest BCUT2D eigenvalue weighted by Crippen LogP contribution is -2.22. The van der Waals surface area contributed by atoms with E-state index in [2.05, 4.69) is 0 Å². The fourth-order valence-electron chi connectivity index (χ4n) is 0.768. The molecule has 1 atom stereocenters. The molecule has 0 spiro atoms. The van der Waals surface area contributed by atoms with Crippen molar-refractivity contribution in [1.29, 1.82) is 0 Å². The number of hydrogen-bond acceptors (Lipinski definition) is 2. The van der Waals surface area contributed by atoms with Crippen LogP contribution in [-0.2, 0) is 4.79 Å². The number of benzene rings is 1. The Morgan fingerprint density at radius 3 is 2.46 bits per heavy atom. The van der Waals surface area contributed by atoms with Gasteiger partial charge in [-0.1, -0.05) is 0 Å². The van der Waals surface area contributed by atoms with E-state index in [-0.39, 0.29) is 5.82 Å². The van der Waals surface area contributed by atoms with Crippen LogP contribution in [0.5, 0.6) is 5.75 Å². The van der Waals surface area contributed by atoms with E-state index in [9.17, 15) is 9.18 Å².